The van der Waals surface area contributed by atoms with Crippen molar-refractivity contribution in [3.63, 3.8) is 0 Å². The van der Waals surface area contributed by atoms with E-state index in [1.165, 1.54) is 6.92 Å². The van der Waals surface area contributed by atoms with Crippen LogP contribution in [0.1, 0.15) is 31.9 Å². The van der Waals surface area contributed by atoms with Crippen LogP contribution < -0.4 is 15.4 Å². The highest BCUT2D eigenvalue weighted by Crippen LogP contribution is 2.17. The number of nitrogens with one attached hydrogen (secondary N) is 2. The lowest BCUT2D eigenvalue weighted by Gasteiger charge is -2.15. The minimum atomic E-state index is -0.0548. The molecule has 0 aliphatic heterocycles. The zero-order valence-electron chi connectivity index (χ0n) is 13.7. The van der Waals surface area contributed by atoms with Crippen molar-refractivity contribution in [3.8, 4) is 5.75 Å². The Labute approximate surface area is 137 Å². The molecule has 4 heteroatoms. The summed E-state index contributed by atoms with van der Waals surface area (Å²) < 4.78 is 5.67. The molecule has 0 bridgehead atoms. The molecule has 0 aliphatic rings. The molecule has 0 radical (unpaired) electrons. The highest BCUT2D eigenvalue weighted by molar-refractivity contribution is 5.88. The maximum Gasteiger partial charge on any atom is 0.221 e. The van der Waals surface area contributed by atoms with Gasteiger partial charge in [0.25, 0.3) is 0 Å². The Balaban J connectivity index is 1.72. The predicted molar refractivity (Wildman–Crippen MR) is 93.7 cm³/mol. The van der Waals surface area contributed by atoms with Gasteiger partial charge in [-0.1, -0.05) is 30.3 Å². The molecule has 0 saturated heterocycles. The molecule has 0 heterocycles. The van der Waals surface area contributed by atoms with Crippen molar-refractivity contribution in [3.05, 3.63) is 60.2 Å². The van der Waals surface area contributed by atoms with E-state index in [4.69, 9.17) is 4.74 Å². The second kappa shape index (κ2) is 8.96. The zero-order chi connectivity index (χ0) is 16.5. The topological polar surface area (TPSA) is 50.4 Å². The van der Waals surface area contributed by atoms with Crippen molar-refractivity contribution >= 4 is 11.6 Å². The van der Waals surface area contributed by atoms with Gasteiger partial charge in [-0.2, -0.15) is 0 Å². The van der Waals surface area contributed by atoms with Crippen LogP contribution in [0.5, 0.6) is 5.75 Å². The van der Waals surface area contributed by atoms with Crippen LogP contribution in [0.15, 0.2) is 54.6 Å². The lowest BCUT2D eigenvalue weighted by Crippen LogP contribution is -2.21. The summed E-state index contributed by atoms with van der Waals surface area (Å²) in [4.78, 5) is 11.1. The Morgan fingerprint density at radius 2 is 1.91 bits per heavy atom. The molecule has 1 amide bonds. The molecular weight excluding hydrogens is 288 g/mol. The number of benzene rings is 2. The van der Waals surface area contributed by atoms with Crippen molar-refractivity contribution < 1.29 is 9.53 Å². The SMILES string of the molecule is CC(=O)Nc1cccc(C(C)NCCCOc2ccccc2)c1. The van der Waals surface area contributed by atoms with Gasteiger partial charge in [-0.05, 0) is 49.7 Å². The third-order valence-electron chi connectivity index (χ3n) is 3.49. The fourth-order valence-corrected chi connectivity index (χ4v) is 2.30. The normalized spacial score (nSPS) is 11.7. The third kappa shape index (κ3) is 6.12. The van der Waals surface area contributed by atoms with Crippen molar-refractivity contribution in [2.45, 2.75) is 26.3 Å². The fraction of sp³-hybridized carbons (Fsp3) is 0.316. The van der Waals surface area contributed by atoms with E-state index in [9.17, 15) is 4.79 Å². The molecule has 2 aromatic carbocycles. The first-order valence-electron chi connectivity index (χ1n) is 7.94. The number of hydrogen-bond acceptors (Lipinski definition) is 3. The van der Waals surface area contributed by atoms with E-state index in [1.54, 1.807) is 0 Å². The molecule has 0 fully saturated rings. The summed E-state index contributed by atoms with van der Waals surface area (Å²) >= 11 is 0. The van der Waals surface area contributed by atoms with Crippen molar-refractivity contribution in [1.29, 1.82) is 0 Å². The first kappa shape index (κ1) is 17.0. The van der Waals surface area contributed by atoms with Crippen LogP contribution in [-0.4, -0.2) is 19.1 Å². The quantitative estimate of drug-likeness (QED) is 0.730. The van der Waals surface area contributed by atoms with Gasteiger partial charge in [0.15, 0.2) is 0 Å². The Morgan fingerprint density at radius 1 is 1.13 bits per heavy atom. The average molecular weight is 312 g/mol. The van der Waals surface area contributed by atoms with E-state index in [-0.39, 0.29) is 11.9 Å². The summed E-state index contributed by atoms with van der Waals surface area (Å²) in [5.41, 5.74) is 1.98. The van der Waals surface area contributed by atoms with E-state index in [1.807, 2.05) is 48.5 Å². The first-order chi connectivity index (χ1) is 11.1. The van der Waals surface area contributed by atoms with Crippen LogP contribution in [0.25, 0.3) is 0 Å². The Hall–Kier alpha value is -2.33. The summed E-state index contributed by atoms with van der Waals surface area (Å²) in [5, 5.41) is 6.28. The van der Waals surface area contributed by atoms with Crippen molar-refractivity contribution in [2.75, 3.05) is 18.5 Å². The standard InChI is InChI=1S/C19H24N2O2/c1-15(17-8-6-9-18(14-17)21-16(2)22)20-12-7-13-23-19-10-4-3-5-11-19/h3-6,8-11,14-15,20H,7,12-13H2,1-2H3,(H,21,22). The van der Waals surface area contributed by atoms with Gasteiger partial charge in [0.05, 0.1) is 6.61 Å². The van der Waals surface area contributed by atoms with Gasteiger partial charge in [-0.25, -0.2) is 0 Å². The van der Waals surface area contributed by atoms with Gasteiger partial charge in [-0.3, -0.25) is 4.79 Å². The Kier molecular flexibility index (Phi) is 6.63. The van der Waals surface area contributed by atoms with Crippen LogP contribution in [0, 0.1) is 0 Å². The van der Waals surface area contributed by atoms with Crippen molar-refractivity contribution in [1.82, 2.24) is 5.32 Å². The molecule has 2 aromatic rings. The van der Waals surface area contributed by atoms with Gasteiger partial charge in [0.2, 0.25) is 5.91 Å². The minimum absolute atomic E-state index is 0.0548. The summed E-state index contributed by atoms with van der Waals surface area (Å²) in [7, 11) is 0. The smallest absolute Gasteiger partial charge is 0.221 e. The monoisotopic (exact) mass is 312 g/mol. The number of ether oxygens (including phenoxy) is 1. The van der Waals surface area contributed by atoms with Crippen LogP contribution in [-0.2, 0) is 4.79 Å². The minimum Gasteiger partial charge on any atom is -0.494 e. The van der Waals surface area contributed by atoms with Gasteiger partial charge in [0.1, 0.15) is 5.75 Å². The van der Waals surface area contributed by atoms with Crippen LogP contribution in [0.4, 0.5) is 5.69 Å². The Bertz CT molecular complexity index is 614. The molecule has 0 aromatic heterocycles. The maximum absolute atomic E-state index is 11.1. The lowest BCUT2D eigenvalue weighted by molar-refractivity contribution is -0.114. The summed E-state index contributed by atoms with van der Waals surface area (Å²) in [6.07, 6.45) is 0.935. The highest BCUT2D eigenvalue weighted by atomic mass is 16.5. The number of rotatable bonds is 8. The molecule has 4 nitrogen and oxygen atoms in total. The van der Waals surface area contributed by atoms with Crippen molar-refractivity contribution in [2.24, 2.45) is 0 Å². The van der Waals surface area contributed by atoms with Gasteiger partial charge < -0.3 is 15.4 Å². The number of anilines is 1. The molecule has 2 N–H and O–H groups in total. The van der Waals surface area contributed by atoms with E-state index >= 15 is 0 Å². The summed E-state index contributed by atoms with van der Waals surface area (Å²) in [6.45, 7) is 5.19. The molecule has 1 atom stereocenters. The van der Waals surface area contributed by atoms with E-state index in [0.717, 1.165) is 30.0 Å². The second-order valence-electron chi connectivity index (χ2n) is 5.50. The number of amides is 1. The predicted octanol–water partition coefficient (Wildman–Crippen LogP) is 3.76. The number of carbonyl (C=O) groups is 1. The van der Waals surface area contributed by atoms with E-state index in [0.29, 0.717) is 6.61 Å². The molecular formula is C19H24N2O2. The van der Waals surface area contributed by atoms with Crippen LogP contribution in [0.2, 0.25) is 0 Å². The summed E-state index contributed by atoms with van der Waals surface area (Å²) in [6, 6.07) is 18.0. The molecule has 0 spiro atoms. The van der Waals surface area contributed by atoms with Gasteiger partial charge in [-0.15, -0.1) is 0 Å². The molecule has 122 valence electrons. The fourth-order valence-electron chi connectivity index (χ4n) is 2.30. The number of para-hydroxylation sites is 1. The van der Waals surface area contributed by atoms with Gasteiger partial charge >= 0.3 is 0 Å². The van der Waals surface area contributed by atoms with Gasteiger partial charge in [0, 0.05) is 18.7 Å². The molecule has 0 aliphatic carbocycles. The molecule has 1 unspecified atom stereocenters. The largest absolute Gasteiger partial charge is 0.494 e. The third-order valence-corrected chi connectivity index (χ3v) is 3.49. The number of hydrogen-bond donors (Lipinski definition) is 2. The molecule has 23 heavy (non-hydrogen) atoms. The summed E-state index contributed by atoms with van der Waals surface area (Å²) in [5.74, 6) is 0.851. The van der Waals surface area contributed by atoms with E-state index in [2.05, 4.69) is 23.6 Å². The lowest BCUT2D eigenvalue weighted by atomic mass is 10.1. The molecule has 0 saturated carbocycles. The van der Waals surface area contributed by atoms with E-state index < -0.39 is 0 Å². The molecule has 2 rings (SSSR count). The average Bonchev–Trinajstić information content (AvgIpc) is 2.55. The maximum atomic E-state index is 11.1. The second-order valence-corrected chi connectivity index (χ2v) is 5.50. The Morgan fingerprint density at radius 3 is 2.65 bits per heavy atom. The van der Waals surface area contributed by atoms with Crippen LogP contribution >= 0.6 is 0 Å². The number of carbonyl (C=O) groups excluding carboxylic acids is 1. The first-order valence-corrected chi connectivity index (χ1v) is 7.94. The zero-order valence-corrected chi connectivity index (χ0v) is 13.7. The highest BCUT2D eigenvalue weighted by Gasteiger charge is 2.05. The van der Waals surface area contributed by atoms with Crippen LogP contribution in [0.3, 0.4) is 0 Å².